The summed E-state index contributed by atoms with van der Waals surface area (Å²) >= 11 is 1.51. The Kier molecular flexibility index (Phi) is 9.55. The van der Waals surface area contributed by atoms with Crippen molar-refractivity contribution in [1.82, 2.24) is 9.88 Å². The first-order chi connectivity index (χ1) is 14.5. The van der Waals surface area contributed by atoms with Crippen molar-refractivity contribution in [3.05, 3.63) is 48.0 Å². The Morgan fingerprint density at radius 2 is 1.90 bits per heavy atom. The van der Waals surface area contributed by atoms with E-state index in [9.17, 15) is 4.79 Å². The molecule has 1 heterocycles. The summed E-state index contributed by atoms with van der Waals surface area (Å²) < 4.78 is 12.1. The van der Waals surface area contributed by atoms with Crippen molar-refractivity contribution in [2.45, 2.75) is 19.8 Å². The summed E-state index contributed by atoms with van der Waals surface area (Å²) in [6.07, 6.45) is 2.06. The van der Waals surface area contributed by atoms with Crippen molar-refractivity contribution < 1.29 is 14.3 Å². The topological polar surface area (TPSA) is 54.9 Å². The number of unbranched alkanes of at least 4 members (excludes halogenated alkanes) is 1. The Hall–Kier alpha value is -2.35. The molecule has 31 heavy (non-hydrogen) atoms. The summed E-state index contributed by atoms with van der Waals surface area (Å²) in [5.41, 5.74) is 1.42. The van der Waals surface area contributed by atoms with E-state index in [-0.39, 0.29) is 18.3 Å². The lowest BCUT2D eigenvalue weighted by Gasteiger charge is -2.22. The van der Waals surface area contributed by atoms with Crippen LogP contribution in [0.1, 0.15) is 30.1 Å². The first-order valence-electron chi connectivity index (χ1n) is 10.2. The zero-order valence-electron chi connectivity index (χ0n) is 18.5. The maximum atomic E-state index is 13.4. The molecule has 1 amide bonds. The van der Waals surface area contributed by atoms with Crippen LogP contribution in [0.4, 0.5) is 5.13 Å². The molecule has 0 atom stereocenters. The lowest BCUT2D eigenvalue weighted by atomic mass is 10.2. The van der Waals surface area contributed by atoms with Crippen molar-refractivity contribution in [2.75, 3.05) is 45.8 Å². The number of fused-ring (bicyclic) bond motifs is 1. The molecular weight excluding hydrogens is 434 g/mol. The summed E-state index contributed by atoms with van der Waals surface area (Å²) in [6.45, 7) is 4.05. The van der Waals surface area contributed by atoms with Crippen LogP contribution < -0.4 is 14.4 Å². The molecule has 0 aliphatic heterocycles. The highest BCUT2D eigenvalue weighted by Gasteiger charge is 2.22. The molecule has 0 radical (unpaired) electrons. The third kappa shape index (κ3) is 6.56. The lowest BCUT2D eigenvalue weighted by molar-refractivity contribution is 0.0984. The first-order valence-corrected chi connectivity index (χ1v) is 11.0. The molecule has 0 spiro atoms. The molecule has 0 aliphatic rings. The van der Waals surface area contributed by atoms with Gasteiger partial charge in [0, 0.05) is 24.7 Å². The number of carbonyl (C=O) groups is 1. The standard InChI is InChI=1S/C23H29N3O3S.ClH/c1-5-6-14-29-19-9-7-8-17(15-19)22(27)26(13-12-25(2)3)23-24-20-16-18(28-4)10-11-21(20)30-23;/h7-11,15-16H,5-6,12-14H2,1-4H3;1H. The van der Waals surface area contributed by atoms with Gasteiger partial charge in [-0.15, -0.1) is 12.4 Å². The van der Waals surface area contributed by atoms with Gasteiger partial charge in [-0.05, 0) is 50.8 Å². The number of ether oxygens (including phenoxy) is 2. The Morgan fingerprint density at radius 3 is 2.61 bits per heavy atom. The van der Waals surface area contributed by atoms with Gasteiger partial charge in [0.25, 0.3) is 5.91 Å². The maximum absolute atomic E-state index is 13.4. The predicted molar refractivity (Wildman–Crippen MR) is 130 cm³/mol. The molecule has 0 N–H and O–H groups in total. The molecule has 0 saturated heterocycles. The highest BCUT2D eigenvalue weighted by molar-refractivity contribution is 7.22. The monoisotopic (exact) mass is 463 g/mol. The normalized spacial score (nSPS) is 10.7. The number of nitrogens with zero attached hydrogens (tertiary/aromatic N) is 3. The number of hydrogen-bond donors (Lipinski definition) is 0. The zero-order valence-corrected chi connectivity index (χ0v) is 20.1. The highest BCUT2D eigenvalue weighted by atomic mass is 35.5. The lowest BCUT2D eigenvalue weighted by Crippen LogP contribution is -2.36. The van der Waals surface area contributed by atoms with E-state index >= 15 is 0 Å². The van der Waals surface area contributed by atoms with E-state index in [1.54, 1.807) is 12.0 Å². The molecule has 6 nitrogen and oxygen atoms in total. The van der Waals surface area contributed by atoms with Gasteiger partial charge in [-0.25, -0.2) is 4.98 Å². The van der Waals surface area contributed by atoms with Gasteiger partial charge in [0.2, 0.25) is 0 Å². The smallest absolute Gasteiger partial charge is 0.260 e. The van der Waals surface area contributed by atoms with Crippen molar-refractivity contribution in [3.63, 3.8) is 0 Å². The molecule has 0 fully saturated rings. The number of amides is 1. The molecular formula is C23H30ClN3O3S. The first kappa shape index (κ1) is 24.9. The van der Waals surface area contributed by atoms with E-state index in [4.69, 9.17) is 14.5 Å². The predicted octanol–water partition coefficient (Wildman–Crippen LogP) is 5.11. The van der Waals surface area contributed by atoms with Gasteiger partial charge < -0.3 is 14.4 Å². The third-order valence-electron chi connectivity index (χ3n) is 4.68. The second kappa shape index (κ2) is 11.9. The summed E-state index contributed by atoms with van der Waals surface area (Å²) in [4.78, 5) is 22.0. The van der Waals surface area contributed by atoms with E-state index in [1.807, 2.05) is 56.6 Å². The SMILES string of the molecule is CCCCOc1cccc(C(=O)N(CCN(C)C)c2nc3cc(OC)ccc3s2)c1.Cl. The Labute approximate surface area is 194 Å². The summed E-state index contributed by atoms with van der Waals surface area (Å²) in [5.74, 6) is 1.39. The zero-order chi connectivity index (χ0) is 21.5. The largest absolute Gasteiger partial charge is 0.497 e. The molecule has 0 unspecified atom stereocenters. The average Bonchev–Trinajstić information content (AvgIpc) is 3.16. The fourth-order valence-electron chi connectivity index (χ4n) is 2.93. The van der Waals surface area contributed by atoms with Crippen LogP contribution in [0.5, 0.6) is 11.5 Å². The fraction of sp³-hybridized carbons (Fsp3) is 0.391. The Morgan fingerprint density at radius 1 is 1.10 bits per heavy atom. The van der Waals surface area contributed by atoms with Gasteiger partial charge in [0.05, 0.1) is 23.9 Å². The Bertz CT molecular complexity index is 993. The molecule has 3 rings (SSSR count). The maximum Gasteiger partial charge on any atom is 0.260 e. The minimum absolute atomic E-state index is 0. The molecule has 168 valence electrons. The molecule has 1 aromatic heterocycles. The van der Waals surface area contributed by atoms with Gasteiger partial charge in [0.15, 0.2) is 5.13 Å². The number of thiazole rings is 1. The molecule has 8 heteroatoms. The van der Waals surface area contributed by atoms with Crippen molar-refractivity contribution in [2.24, 2.45) is 0 Å². The van der Waals surface area contributed by atoms with Crippen LogP contribution in [0, 0.1) is 0 Å². The highest BCUT2D eigenvalue weighted by Crippen LogP contribution is 2.32. The molecule has 2 aromatic carbocycles. The van der Waals surface area contributed by atoms with E-state index in [2.05, 4.69) is 11.8 Å². The quantitative estimate of drug-likeness (QED) is 0.391. The van der Waals surface area contributed by atoms with Crippen LogP contribution in [0.3, 0.4) is 0 Å². The number of benzene rings is 2. The molecule has 0 saturated carbocycles. The third-order valence-corrected chi connectivity index (χ3v) is 5.74. The number of aromatic nitrogens is 1. The van der Waals surface area contributed by atoms with E-state index < -0.39 is 0 Å². The minimum Gasteiger partial charge on any atom is -0.497 e. The van der Waals surface area contributed by atoms with Gasteiger partial charge in [-0.3, -0.25) is 9.69 Å². The van der Waals surface area contributed by atoms with E-state index in [0.717, 1.165) is 41.1 Å². The van der Waals surface area contributed by atoms with Gasteiger partial charge in [-0.2, -0.15) is 0 Å². The number of rotatable bonds is 10. The molecule has 0 bridgehead atoms. The van der Waals surface area contributed by atoms with Gasteiger partial charge >= 0.3 is 0 Å². The second-order valence-electron chi connectivity index (χ2n) is 7.32. The number of carbonyl (C=O) groups excluding carboxylic acids is 1. The number of hydrogen-bond acceptors (Lipinski definition) is 6. The van der Waals surface area contributed by atoms with E-state index in [1.165, 1.54) is 11.3 Å². The average molecular weight is 464 g/mol. The number of anilines is 1. The van der Waals surface area contributed by atoms with Gasteiger partial charge in [0.1, 0.15) is 11.5 Å². The van der Waals surface area contributed by atoms with Crippen LogP contribution in [-0.2, 0) is 0 Å². The van der Waals surface area contributed by atoms with Crippen LogP contribution in [-0.4, -0.2) is 56.7 Å². The molecule has 3 aromatic rings. The number of likely N-dealkylation sites (N-methyl/N-ethyl adjacent to an activating group) is 1. The van der Waals surface area contributed by atoms with Crippen molar-refractivity contribution in [1.29, 1.82) is 0 Å². The van der Waals surface area contributed by atoms with Crippen LogP contribution in [0.15, 0.2) is 42.5 Å². The summed E-state index contributed by atoms with van der Waals surface area (Å²) in [5, 5.41) is 0.683. The molecule has 0 aliphatic carbocycles. The van der Waals surface area contributed by atoms with Gasteiger partial charge in [-0.1, -0.05) is 30.7 Å². The summed E-state index contributed by atoms with van der Waals surface area (Å²) in [6, 6.07) is 13.2. The number of methoxy groups -OCH3 is 1. The Balaban J connectivity index is 0.00000341. The van der Waals surface area contributed by atoms with Crippen molar-refractivity contribution >= 4 is 45.0 Å². The van der Waals surface area contributed by atoms with Crippen LogP contribution in [0.2, 0.25) is 0 Å². The van der Waals surface area contributed by atoms with Crippen LogP contribution in [0.25, 0.3) is 10.2 Å². The number of halogens is 1. The second-order valence-corrected chi connectivity index (χ2v) is 8.33. The van der Waals surface area contributed by atoms with E-state index in [0.29, 0.717) is 23.8 Å². The summed E-state index contributed by atoms with van der Waals surface area (Å²) in [7, 11) is 5.62. The van der Waals surface area contributed by atoms with Crippen LogP contribution >= 0.6 is 23.7 Å². The minimum atomic E-state index is -0.0798. The fourth-order valence-corrected chi connectivity index (χ4v) is 3.90. The van der Waals surface area contributed by atoms with Crippen molar-refractivity contribution in [3.8, 4) is 11.5 Å².